The molecule has 2 atom stereocenters. The van der Waals surface area contributed by atoms with E-state index in [2.05, 4.69) is 18.8 Å². The number of carbonyl (C=O) groups excluding carboxylic acids is 1. The zero-order valence-corrected chi connectivity index (χ0v) is 18.5. The summed E-state index contributed by atoms with van der Waals surface area (Å²) in [5.41, 5.74) is 2.93. The van der Waals surface area contributed by atoms with Crippen molar-refractivity contribution in [1.29, 1.82) is 0 Å². The Hall–Kier alpha value is -2.89. The molecule has 0 saturated heterocycles. The molecular formula is C24H34N2O4. The third-order valence-corrected chi connectivity index (χ3v) is 4.76. The third-order valence-electron chi connectivity index (χ3n) is 4.76. The second kappa shape index (κ2) is 13.4. The van der Waals surface area contributed by atoms with Crippen LogP contribution in [0.4, 0.5) is 0 Å². The number of benzene rings is 1. The predicted molar refractivity (Wildman–Crippen MR) is 122 cm³/mol. The highest BCUT2D eigenvalue weighted by Gasteiger charge is 2.23. The molecule has 0 aliphatic rings. The Labute approximate surface area is 179 Å². The van der Waals surface area contributed by atoms with Crippen LogP contribution in [0.15, 0.2) is 54.7 Å². The van der Waals surface area contributed by atoms with E-state index in [1.54, 1.807) is 13.2 Å². The molecule has 2 unspecified atom stereocenters. The number of nitrogens with zero attached hydrogens (tertiary/aromatic N) is 1. The summed E-state index contributed by atoms with van der Waals surface area (Å²) in [6.07, 6.45) is 9.96. The van der Waals surface area contributed by atoms with Gasteiger partial charge in [0, 0.05) is 17.4 Å². The van der Waals surface area contributed by atoms with Gasteiger partial charge in [0.25, 0.3) is 0 Å². The maximum atomic E-state index is 12.6. The van der Waals surface area contributed by atoms with E-state index in [1.807, 2.05) is 50.3 Å². The first kappa shape index (κ1) is 25.1. The number of nitrogens with one attached hydrogen (secondary N) is 1. The molecule has 0 aliphatic carbocycles. The van der Waals surface area contributed by atoms with Gasteiger partial charge in [-0.3, -0.25) is 14.9 Å². The average molecular weight is 415 g/mol. The van der Waals surface area contributed by atoms with Crippen molar-refractivity contribution >= 4 is 5.91 Å². The second-order valence-electron chi connectivity index (χ2n) is 7.54. The van der Waals surface area contributed by atoms with Gasteiger partial charge in [-0.15, -0.1) is 0 Å². The summed E-state index contributed by atoms with van der Waals surface area (Å²) in [4.78, 5) is 23.5. The molecule has 0 aromatic heterocycles. The highest BCUT2D eigenvalue weighted by atomic mass is 16.6. The van der Waals surface area contributed by atoms with Crippen LogP contribution in [0.3, 0.4) is 0 Å². The number of aryl methyl sites for hydroxylation is 1. The SMILES string of the molecule is C=C/C=C\C=C(/C)CC(C)NC(=O)CC(C[N+](=O)[O-])c1ccc(OC)c(CCC)c1. The van der Waals surface area contributed by atoms with Crippen molar-refractivity contribution in [3.8, 4) is 5.75 Å². The molecule has 1 N–H and O–H groups in total. The zero-order chi connectivity index (χ0) is 22.5. The molecule has 0 fully saturated rings. The van der Waals surface area contributed by atoms with Crippen LogP contribution in [0, 0.1) is 10.1 Å². The standard InChI is InChI=1S/C24H34N2O4/c1-6-8-9-11-18(3)14-19(4)25-24(27)16-22(17-26(28)29)20-12-13-23(30-5)21(15-20)10-7-2/h6,8-9,11-13,15,19,22H,1,7,10,14,16-17H2,2-5H3,(H,25,27)/b9-8-,18-11+. The van der Waals surface area contributed by atoms with Crippen LogP contribution in [-0.2, 0) is 11.2 Å². The number of hydrogen-bond acceptors (Lipinski definition) is 4. The van der Waals surface area contributed by atoms with Gasteiger partial charge in [0.1, 0.15) is 5.75 Å². The smallest absolute Gasteiger partial charge is 0.221 e. The quantitative estimate of drug-likeness (QED) is 0.280. The highest BCUT2D eigenvalue weighted by Crippen LogP contribution is 2.27. The van der Waals surface area contributed by atoms with Crippen molar-refractivity contribution in [2.24, 2.45) is 0 Å². The molecule has 0 spiro atoms. The van der Waals surface area contributed by atoms with Crippen LogP contribution in [0.2, 0.25) is 0 Å². The maximum Gasteiger partial charge on any atom is 0.221 e. The Morgan fingerprint density at radius 3 is 2.67 bits per heavy atom. The van der Waals surface area contributed by atoms with Crippen LogP contribution in [0.1, 0.15) is 57.1 Å². The first-order chi connectivity index (χ1) is 14.3. The Kier molecular flexibility index (Phi) is 11.2. The van der Waals surface area contributed by atoms with Crippen LogP contribution < -0.4 is 10.1 Å². The van der Waals surface area contributed by atoms with Gasteiger partial charge < -0.3 is 10.1 Å². The van der Waals surface area contributed by atoms with E-state index in [0.717, 1.165) is 35.3 Å². The number of nitro groups is 1. The van der Waals surface area contributed by atoms with Crippen LogP contribution >= 0.6 is 0 Å². The van der Waals surface area contributed by atoms with E-state index in [4.69, 9.17) is 4.74 Å². The number of methoxy groups -OCH3 is 1. The Morgan fingerprint density at radius 2 is 2.07 bits per heavy atom. The minimum absolute atomic E-state index is 0.0614. The fourth-order valence-electron chi connectivity index (χ4n) is 3.44. The van der Waals surface area contributed by atoms with Gasteiger partial charge in [0.15, 0.2) is 0 Å². The second-order valence-corrected chi connectivity index (χ2v) is 7.54. The van der Waals surface area contributed by atoms with Crippen LogP contribution in [0.25, 0.3) is 0 Å². The molecule has 0 aliphatic heterocycles. The van der Waals surface area contributed by atoms with E-state index in [1.165, 1.54) is 0 Å². The molecule has 1 aromatic carbocycles. The lowest BCUT2D eigenvalue weighted by molar-refractivity contribution is -0.483. The van der Waals surface area contributed by atoms with Crippen molar-refractivity contribution < 1.29 is 14.5 Å². The van der Waals surface area contributed by atoms with Crippen molar-refractivity contribution in [1.82, 2.24) is 5.32 Å². The molecule has 6 nitrogen and oxygen atoms in total. The van der Waals surface area contributed by atoms with E-state index < -0.39 is 5.92 Å². The van der Waals surface area contributed by atoms with Gasteiger partial charge in [-0.05, 0) is 43.9 Å². The van der Waals surface area contributed by atoms with E-state index in [0.29, 0.717) is 6.42 Å². The summed E-state index contributed by atoms with van der Waals surface area (Å²) in [7, 11) is 1.61. The molecule has 0 heterocycles. The molecule has 1 amide bonds. The van der Waals surface area contributed by atoms with Gasteiger partial charge in [0.05, 0.1) is 13.0 Å². The van der Waals surface area contributed by atoms with Crippen molar-refractivity contribution in [2.45, 2.75) is 58.4 Å². The summed E-state index contributed by atoms with van der Waals surface area (Å²) >= 11 is 0. The maximum absolute atomic E-state index is 12.6. The molecule has 1 aromatic rings. The fraction of sp³-hybridized carbons (Fsp3) is 0.458. The number of ether oxygens (including phenoxy) is 1. The summed E-state index contributed by atoms with van der Waals surface area (Å²) in [6, 6.07) is 5.53. The number of carbonyl (C=O) groups is 1. The summed E-state index contributed by atoms with van der Waals surface area (Å²) < 4.78 is 5.39. The first-order valence-electron chi connectivity index (χ1n) is 10.3. The zero-order valence-electron chi connectivity index (χ0n) is 18.5. The van der Waals surface area contributed by atoms with Crippen molar-refractivity contribution in [2.75, 3.05) is 13.7 Å². The van der Waals surface area contributed by atoms with Gasteiger partial charge in [-0.1, -0.05) is 61.9 Å². The third kappa shape index (κ3) is 9.07. The summed E-state index contributed by atoms with van der Waals surface area (Å²) in [5.74, 6) is 0.101. The van der Waals surface area contributed by atoms with Crippen LogP contribution in [0.5, 0.6) is 5.75 Å². The lowest BCUT2D eigenvalue weighted by atomic mass is 9.92. The Balaban J connectivity index is 2.87. The largest absolute Gasteiger partial charge is 0.496 e. The lowest BCUT2D eigenvalue weighted by Crippen LogP contribution is -2.34. The molecule has 0 bridgehead atoms. The Bertz CT molecular complexity index is 783. The highest BCUT2D eigenvalue weighted by molar-refractivity contribution is 5.77. The molecule has 164 valence electrons. The molecule has 30 heavy (non-hydrogen) atoms. The molecule has 0 saturated carbocycles. The minimum atomic E-state index is -0.485. The summed E-state index contributed by atoms with van der Waals surface area (Å²) in [5, 5.41) is 14.2. The number of amides is 1. The average Bonchev–Trinajstić information content (AvgIpc) is 2.67. The van der Waals surface area contributed by atoms with Crippen molar-refractivity contribution in [3.05, 3.63) is 75.9 Å². The minimum Gasteiger partial charge on any atom is -0.496 e. The molecule has 6 heteroatoms. The summed E-state index contributed by atoms with van der Waals surface area (Å²) in [6.45, 7) is 9.34. The van der Waals surface area contributed by atoms with Gasteiger partial charge >= 0.3 is 0 Å². The molecular weight excluding hydrogens is 380 g/mol. The van der Waals surface area contributed by atoms with Gasteiger partial charge in [-0.2, -0.15) is 0 Å². The van der Waals surface area contributed by atoms with Gasteiger partial charge in [0.2, 0.25) is 12.5 Å². The molecule has 0 radical (unpaired) electrons. The van der Waals surface area contributed by atoms with E-state index >= 15 is 0 Å². The number of hydrogen-bond donors (Lipinski definition) is 1. The monoisotopic (exact) mass is 414 g/mol. The Morgan fingerprint density at radius 1 is 1.33 bits per heavy atom. The lowest BCUT2D eigenvalue weighted by Gasteiger charge is -2.18. The van der Waals surface area contributed by atoms with Crippen molar-refractivity contribution in [3.63, 3.8) is 0 Å². The van der Waals surface area contributed by atoms with Crippen LogP contribution in [-0.4, -0.2) is 30.5 Å². The van der Waals surface area contributed by atoms with E-state index in [9.17, 15) is 14.9 Å². The normalized spacial score (nSPS) is 13.7. The predicted octanol–water partition coefficient (Wildman–Crippen LogP) is 4.98. The molecule has 1 rings (SSSR count). The fourth-order valence-corrected chi connectivity index (χ4v) is 3.44. The number of allylic oxidation sites excluding steroid dienone is 4. The number of rotatable bonds is 13. The van der Waals surface area contributed by atoms with Gasteiger partial charge in [-0.25, -0.2) is 0 Å². The van der Waals surface area contributed by atoms with E-state index in [-0.39, 0.29) is 29.8 Å². The topological polar surface area (TPSA) is 81.5 Å². The first-order valence-corrected chi connectivity index (χ1v) is 10.3.